The minimum atomic E-state index is -1.23. The van der Waals surface area contributed by atoms with E-state index in [4.69, 9.17) is 19.1 Å². The Morgan fingerprint density at radius 1 is 0.750 bits per heavy atom. The monoisotopic (exact) mass is 506 g/mol. The lowest BCUT2D eigenvalue weighted by Gasteiger charge is -2.22. The lowest BCUT2D eigenvalue weighted by Crippen LogP contribution is -2.35. The van der Waals surface area contributed by atoms with Gasteiger partial charge in [-0.1, -0.05) is 44.0 Å². The number of ether oxygens (including phenoxy) is 2. The third-order valence-corrected chi connectivity index (χ3v) is 5.70. The van der Waals surface area contributed by atoms with Crippen molar-refractivity contribution in [1.29, 1.82) is 0 Å². The molecule has 2 aromatic rings. The first kappa shape index (κ1) is 26.7. The van der Waals surface area contributed by atoms with Crippen molar-refractivity contribution in [3.63, 3.8) is 0 Å². The van der Waals surface area contributed by atoms with Crippen LogP contribution in [0.15, 0.2) is 48.5 Å². The molecule has 198 valence electrons. The number of benzene rings is 2. The molecule has 36 heavy (non-hydrogen) atoms. The van der Waals surface area contributed by atoms with Gasteiger partial charge in [-0.15, -0.1) is 10.1 Å². The van der Waals surface area contributed by atoms with Crippen molar-refractivity contribution in [3.05, 3.63) is 59.7 Å². The Morgan fingerprint density at radius 3 is 1.56 bits per heavy atom. The van der Waals surface area contributed by atoms with E-state index in [1.807, 2.05) is 48.5 Å². The van der Waals surface area contributed by atoms with E-state index < -0.39 is 31.8 Å². The summed E-state index contributed by atoms with van der Waals surface area (Å²) in [6.07, 6.45) is -1.31. The van der Waals surface area contributed by atoms with Crippen LogP contribution in [-0.4, -0.2) is 62.4 Å². The first-order chi connectivity index (χ1) is 17.4. The number of nitrogens with one attached hydrogen (secondary N) is 2. The van der Waals surface area contributed by atoms with Crippen LogP contribution in [-0.2, 0) is 22.8 Å². The summed E-state index contributed by atoms with van der Waals surface area (Å²) in [6, 6.07) is 14.7. The van der Waals surface area contributed by atoms with Crippen LogP contribution in [0.5, 0.6) is 11.5 Å². The van der Waals surface area contributed by atoms with Crippen LogP contribution in [0.2, 0.25) is 0 Å². The molecule has 0 radical (unpaired) electrons. The smallest absolute Gasteiger partial charge is 0.241 e. The summed E-state index contributed by atoms with van der Waals surface area (Å²) in [4.78, 5) is 10.2. The Hall–Kier alpha value is -2.36. The molecule has 12 heteroatoms. The first-order valence-electron chi connectivity index (χ1n) is 12.0. The van der Waals surface area contributed by atoms with Gasteiger partial charge in [0.2, 0.25) is 19.1 Å². The largest absolute Gasteiger partial charge is 0.455 e. The van der Waals surface area contributed by atoms with Crippen LogP contribution in [0.1, 0.15) is 43.7 Å². The van der Waals surface area contributed by atoms with Crippen LogP contribution in [0.25, 0.3) is 0 Å². The molecule has 4 rings (SSSR count). The van der Waals surface area contributed by atoms with E-state index in [0.717, 1.165) is 30.4 Å². The van der Waals surface area contributed by atoms with Crippen molar-refractivity contribution >= 4 is 0 Å². The van der Waals surface area contributed by atoms with E-state index in [-0.39, 0.29) is 13.1 Å². The number of aliphatic hydroxyl groups excluding tert-OH is 4. The number of hydroxylamine groups is 4. The Labute approximate surface area is 209 Å². The third kappa shape index (κ3) is 7.57. The summed E-state index contributed by atoms with van der Waals surface area (Å²) < 4.78 is 12.3. The van der Waals surface area contributed by atoms with E-state index >= 15 is 0 Å². The lowest BCUT2D eigenvalue weighted by atomic mass is 10.2. The van der Waals surface area contributed by atoms with Crippen molar-refractivity contribution in [2.45, 2.75) is 77.5 Å². The maximum atomic E-state index is 9.80. The predicted molar refractivity (Wildman–Crippen MR) is 126 cm³/mol. The van der Waals surface area contributed by atoms with Crippen LogP contribution in [0, 0.1) is 0 Å². The molecular weight excluding hydrogens is 472 g/mol. The second kappa shape index (κ2) is 12.7. The van der Waals surface area contributed by atoms with Crippen LogP contribution < -0.4 is 20.1 Å². The molecule has 2 aliphatic heterocycles. The van der Waals surface area contributed by atoms with Gasteiger partial charge in [-0.25, -0.2) is 20.3 Å². The van der Waals surface area contributed by atoms with Gasteiger partial charge >= 0.3 is 0 Å². The summed E-state index contributed by atoms with van der Waals surface area (Å²) in [7, 11) is 0. The fourth-order valence-corrected chi connectivity index (χ4v) is 3.81. The fraction of sp³-hybridized carbons (Fsp3) is 0.500. The molecule has 0 spiro atoms. The molecule has 4 unspecified atom stereocenters. The molecular formula is C24H34N4O8. The molecule has 0 aliphatic carbocycles. The van der Waals surface area contributed by atoms with Crippen molar-refractivity contribution in [2.24, 2.45) is 0 Å². The zero-order valence-electron chi connectivity index (χ0n) is 20.1. The number of unbranched alkanes of at least 4 members (excludes halogenated alkanes) is 2. The Balaban J connectivity index is 1.33. The van der Waals surface area contributed by atoms with Gasteiger partial charge in [0.25, 0.3) is 0 Å². The van der Waals surface area contributed by atoms with Crippen molar-refractivity contribution in [2.75, 3.05) is 0 Å². The second-order valence-corrected chi connectivity index (χ2v) is 8.60. The van der Waals surface area contributed by atoms with Crippen LogP contribution in [0.3, 0.4) is 0 Å². The van der Waals surface area contributed by atoms with E-state index in [1.54, 1.807) is 0 Å². The molecule has 4 atom stereocenters. The lowest BCUT2D eigenvalue weighted by molar-refractivity contribution is -0.248. The van der Waals surface area contributed by atoms with Crippen LogP contribution in [0.4, 0.5) is 0 Å². The standard InChI is InChI=1S/C24H34N4O8/c1-2-3-4-5-20(33-18-10-6-16(7-11-18)14-27-21(29)25-23(31)35-27)34-19-12-8-17(9-13-19)15-28-22(30)26-24(32)36-28/h6-13,20-26,29-32H,2-5,14-15H2,1H3. The number of hydrogen-bond acceptors (Lipinski definition) is 12. The molecule has 2 fully saturated rings. The number of rotatable bonds is 12. The van der Waals surface area contributed by atoms with Gasteiger partial charge in [-0.3, -0.25) is 0 Å². The van der Waals surface area contributed by atoms with Gasteiger partial charge in [0.05, 0.1) is 13.1 Å². The molecule has 12 nitrogen and oxygen atoms in total. The predicted octanol–water partition coefficient (Wildman–Crippen LogP) is 0.828. The average Bonchev–Trinajstić information content (AvgIpc) is 3.34. The van der Waals surface area contributed by atoms with Gasteiger partial charge in [0, 0.05) is 6.42 Å². The van der Waals surface area contributed by atoms with E-state index in [9.17, 15) is 20.4 Å². The fourth-order valence-electron chi connectivity index (χ4n) is 3.81. The highest BCUT2D eigenvalue weighted by atomic mass is 16.8. The highest BCUT2D eigenvalue weighted by molar-refractivity contribution is 5.29. The SMILES string of the molecule is CCCCCC(Oc1ccc(CN2OC(O)NC2O)cc1)Oc1ccc(CN2OC(O)NC2O)cc1. The summed E-state index contributed by atoms with van der Waals surface area (Å²) in [5, 5.41) is 45.8. The van der Waals surface area contributed by atoms with Crippen molar-refractivity contribution in [3.8, 4) is 11.5 Å². The molecule has 2 aromatic carbocycles. The van der Waals surface area contributed by atoms with E-state index in [1.165, 1.54) is 10.1 Å². The quantitative estimate of drug-likeness (QED) is 0.179. The Bertz CT molecular complexity index is 863. The highest BCUT2D eigenvalue weighted by Gasteiger charge is 2.30. The number of nitrogens with zero attached hydrogens (tertiary/aromatic N) is 2. The molecule has 2 aliphatic rings. The number of aliphatic hydroxyl groups is 4. The molecule has 2 saturated heterocycles. The summed E-state index contributed by atoms with van der Waals surface area (Å²) >= 11 is 0. The zero-order chi connectivity index (χ0) is 25.5. The second-order valence-electron chi connectivity index (χ2n) is 8.60. The molecule has 0 saturated carbocycles. The van der Waals surface area contributed by atoms with Crippen molar-refractivity contribution < 1.29 is 39.6 Å². The van der Waals surface area contributed by atoms with Gasteiger partial charge in [0.1, 0.15) is 11.5 Å². The summed E-state index contributed by atoms with van der Waals surface area (Å²) in [5.41, 5.74) is 1.73. The zero-order valence-corrected chi connectivity index (χ0v) is 20.1. The number of hydrogen-bond donors (Lipinski definition) is 6. The third-order valence-electron chi connectivity index (χ3n) is 5.70. The van der Waals surface area contributed by atoms with E-state index in [2.05, 4.69) is 17.6 Å². The highest BCUT2D eigenvalue weighted by Crippen LogP contribution is 2.23. The molecule has 6 N–H and O–H groups in total. The van der Waals surface area contributed by atoms with Crippen molar-refractivity contribution in [1.82, 2.24) is 20.8 Å². The van der Waals surface area contributed by atoms with Gasteiger partial charge in [0.15, 0.2) is 12.7 Å². The molecule has 0 amide bonds. The molecule has 0 bridgehead atoms. The topological polar surface area (TPSA) is 148 Å². The first-order valence-corrected chi connectivity index (χ1v) is 12.0. The molecule has 0 aromatic heterocycles. The molecule has 2 heterocycles. The maximum absolute atomic E-state index is 9.80. The summed E-state index contributed by atoms with van der Waals surface area (Å²) in [5.74, 6) is 1.29. The van der Waals surface area contributed by atoms with Gasteiger partial charge in [-0.05, 0) is 41.8 Å². The van der Waals surface area contributed by atoms with E-state index in [0.29, 0.717) is 17.9 Å². The van der Waals surface area contributed by atoms with Gasteiger partial charge < -0.3 is 29.9 Å². The maximum Gasteiger partial charge on any atom is 0.241 e. The Morgan fingerprint density at radius 2 is 1.19 bits per heavy atom. The minimum Gasteiger partial charge on any atom is -0.455 e. The normalized spacial score (nSPS) is 25.8. The van der Waals surface area contributed by atoms with Gasteiger partial charge in [-0.2, -0.15) is 0 Å². The minimum absolute atomic E-state index is 0.281. The average molecular weight is 507 g/mol. The summed E-state index contributed by atoms with van der Waals surface area (Å²) in [6.45, 7) is 2.70. The Kier molecular flexibility index (Phi) is 9.45. The van der Waals surface area contributed by atoms with Crippen LogP contribution >= 0.6 is 0 Å².